The second kappa shape index (κ2) is 11.0. The van der Waals surface area contributed by atoms with E-state index in [9.17, 15) is 0 Å². The molecule has 0 atom stereocenters. The van der Waals surface area contributed by atoms with Crippen molar-refractivity contribution in [1.29, 1.82) is 0 Å². The normalized spacial score (nSPS) is 11.7. The zero-order chi connectivity index (χ0) is 32.3. The third-order valence-corrected chi connectivity index (χ3v) is 9.67. The molecule has 49 heavy (non-hydrogen) atoms. The first-order valence-electron chi connectivity index (χ1n) is 16.6. The SMILES string of the molecule is c1ccc(-c2ccc(N(c3cccc4c3ccc3oc5cc(-c6ccccc6)ccc5c34)c3cccc4oc5ccccc5c34)cc2)cc1. The van der Waals surface area contributed by atoms with Crippen LogP contribution in [0.2, 0.25) is 0 Å². The lowest BCUT2D eigenvalue weighted by atomic mass is 9.99. The van der Waals surface area contributed by atoms with Gasteiger partial charge in [0.2, 0.25) is 0 Å². The molecule has 3 nitrogen and oxygen atoms in total. The van der Waals surface area contributed by atoms with E-state index in [0.29, 0.717) is 0 Å². The minimum Gasteiger partial charge on any atom is -0.456 e. The van der Waals surface area contributed by atoms with Gasteiger partial charge in [-0.3, -0.25) is 0 Å². The second-order valence-electron chi connectivity index (χ2n) is 12.5. The Hall–Kier alpha value is -6.58. The minimum absolute atomic E-state index is 0.863. The molecular formula is C46H29NO2. The lowest BCUT2D eigenvalue weighted by molar-refractivity contribution is 0.669. The van der Waals surface area contributed by atoms with Crippen LogP contribution in [0.1, 0.15) is 0 Å². The molecule has 2 heterocycles. The number of rotatable bonds is 5. The number of para-hydroxylation sites is 1. The molecule has 230 valence electrons. The Bertz CT molecular complexity index is 2810. The molecule has 0 saturated carbocycles. The van der Waals surface area contributed by atoms with Gasteiger partial charge in [-0.05, 0) is 88.3 Å². The fourth-order valence-corrected chi connectivity index (χ4v) is 7.40. The summed E-state index contributed by atoms with van der Waals surface area (Å²) in [6.45, 7) is 0. The predicted octanol–water partition coefficient (Wildman–Crippen LogP) is 13.4. The van der Waals surface area contributed by atoms with Gasteiger partial charge in [0, 0.05) is 27.2 Å². The summed E-state index contributed by atoms with van der Waals surface area (Å²) in [5, 5.41) is 6.71. The maximum Gasteiger partial charge on any atom is 0.137 e. The van der Waals surface area contributed by atoms with E-state index >= 15 is 0 Å². The summed E-state index contributed by atoms with van der Waals surface area (Å²) in [5.74, 6) is 0. The van der Waals surface area contributed by atoms with Crippen LogP contribution in [0.5, 0.6) is 0 Å². The number of hydrogen-bond acceptors (Lipinski definition) is 3. The Kier molecular flexibility index (Phi) is 6.18. The van der Waals surface area contributed by atoms with Gasteiger partial charge >= 0.3 is 0 Å². The van der Waals surface area contributed by atoms with E-state index in [4.69, 9.17) is 8.83 Å². The summed E-state index contributed by atoms with van der Waals surface area (Å²) in [4.78, 5) is 2.38. The average Bonchev–Trinajstić information content (AvgIpc) is 3.75. The molecule has 3 heteroatoms. The summed E-state index contributed by atoms with van der Waals surface area (Å²) < 4.78 is 12.9. The molecule has 0 radical (unpaired) electrons. The molecular weight excluding hydrogens is 599 g/mol. The van der Waals surface area contributed by atoms with Crippen molar-refractivity contribution >= 4 is 71.7 Å². The smallest absolute Gasteiger partial charge is 0.137 e. The highest BCUT2D eigenvalue weighted by Gasteiger charge is 2.22. The van der Waals surface area contributed by atoms with Gasteiger partial charge in [-0.2, -0.15) is 0 Å². The highest BCUT2D eigenvalue weighted by Crippen LogP contribution is 2.47. The molecule has 10 rings (SSSR count). The number of benzene rings is 8. The lowest BCUT2D eigenvalue weighted by Gasteiger charge is -2.28. The molecule has 2 aromatic heterocycles. The first-order chi connectivity index (χ1) is 24.3. The topological polar surface area (TPSA) is 29.5 Å². The zero-order valence-electron chi connectivity index (χ0n) is 26.5. The fraction of sp³-hybridized carbons (Fsp3) is 0. The second-order valence-corrected chi connectivity index (χ2v) is 12.5. The van der Waals surface area contributed by atoms with Crippen LogP contribution in [0, 0.1) is 0 Å². The molecule has 0 N–H and O–H groups in total. The highest BCUT2D eigenvalue weighted by atomic mass is 16.3. The molecule has 0 unspecified atom stereocenters. The largest absolute Gasteiger partial charge is 0.456 e. The molecule has 10 aromatic rings. The van der Waals surface area contributed by atoms with E-state index in [1.165, 1.54) is 16.7 Å². The number of hydrogen-bond donors (Lipinski definition) is 0. The average molecular weight is 628 g/mol. The molecule has 0 amide bonds. The Morgan fingerprint density at radius 3 is 1.67 bits per heavy atom. The fourth-order valence-electron chi connectivity index (χ4n) is 7.40. The lowest BCUT2D eigenvalue weighted by Crippen LogP contribution is -2.11. The molecule has 0 saturated heterocycles. The Balaban J connectivity index is 1.22. The Labute approximate surface area is 282 Å². The van der Waals surface area contributed by atoms with E-state index < -0.39 is 0 Å². The summed E-state index contributed by atoms with van der Waals surface area (Å²) in [5.41, 5.74) is 11.4. The van der Waals surface area contributed by atoms with Crippen LogP contribution in [0.3, 0.4) is 0 Å². The van der Waals surface area contributed by atoms with Gasteiger partial charge in [-0.25, -0.2) is 0 Å². The van der Waals surface area contributed by atoms with Crippen LogP contribution in [0.15, 0.2) is 185 Å². The first-order valence-corrected chi connectivity index (χ1v) is 16.6. The van der Waals surface area contributed by atoms with E-state index in [2.05, 4.69) is 163 Å². The van der Waals surface area contributed by atoms with Crippen LogP contribution >= 0.6 is 0 Å². The van der Waals surface area contributed by atoms with Crippen LogP contribution < -0.4 is 4.90 Å². The van der Waals surface area contributed by atoms with Crippen LogP contribution in [0.25, 0.3) is 76.9 Å². The summed E-state index contributed by atoms with van der Waals surface area (Å²) in [7, 11) is 0. The van der Waals surface area contributed by atoms with E-state index in [0.717, 1.165) is 77.3 Å². The quantitative estimate of drug-likeness (QED) is 0.190. The predicted molar refractivity (Wildman–Crippen MR) is 204 cm³/mol. The molecule has 0 aliphatic carbocycles. The molecule has 0 bridgehead atoms. The van der Waals surface area contributed by atoms with Gasteiger partial charge in [0.05, 0.1) is 16.8 Å². The van der Waals surface area contributed by atoms with E-state index in [-0.39, 0.29) is 0 Å². The maximum atomic E-state index is 6.52. The van der Waals surface area contributed by atoms with Crippen LogP contribution in [0.4, 0.5) is 17.1 Å². The number of fused-ring (bicyclic) bond motifs is 8. The summed E-state index contributed by atoms with van der Waals surface area (Å²) in [6, 6.07) is 62.0. The Morgan fingerprint density at radius 2 is 0.857 bits per heavy atom. The van der Waals surface area contributed by atoms with Gasteiger partial charge in [0.15, 0.2) is 0 Å². The van der Waals surface area contributed by atoms with Crippen molar-refractivity contribution in [2.45, 2.75) is 0 Å². The van der Waals surface area contributed by atoms with Gasteiger partial charge in [0.1, 0.15) is 22.3 Å². The molecule has 0 aliphatic heterocycles. The minimum atomic E-state index is 0.863. The van der Waals surface area contributed by atoms with Crippen LogP contribution in [-0.4, -0.2) is 0 Å². The van der Waals surface area contributed by atoms with E-state index in [1.54, 1.807) is 0 Å². The zero-order valence-corrected chi connectivity index (χ0v) is 26.5. The molecule has 0 fully saturated rings. The van der Waals surface area contributed by atoms with Gasteiger partial charge in [-0.15, -0.1) is 0 Å². The van der Waals surface area contributed by atoms with Gasteiger partial charge < -0.3 is 13.7 Å². The standard InChI is InChI=1S/C46H29NO2/c1-3-11-30(12-4-1)32-21-24-34(25-22-32)47(40-18-10-20-42-46(40)37-15-7-8-19-41(37)48-42)39-17-9-16-36-35(39)27-28-43-45(36)38-26-23-33(29-44(38)49-43)31-13-5-2-6-14-31/h1-29H. The van der Waals surface area contributed by atoms with Crippen molar-refractivity contribution in [2.75, 3.05) is 4.90 Å². The third kappa shape index (κ3) is 4.44. The number of nitrogens with zero attached hydrogens (tertiary/aromatic N) is 1. The van der Waals surface area contributed by atoms with Crippen molar-refractivity contribution in [3.63, 3.8) is 0 Å². The monoisotopic (exact) mass is 627 g/mol. The highest BCUT2D eigenvalue weighted by molar-refractivity contribution is 6.22. The molecule has 0 aliphatic rings. The van der Waals surface area contributed by atoms with Crippen LogP contribution in [-0.2, 0) is 0 Å². The van der Waals surface area contributed by atoms with Crippen molar-refractivity contribution in [1.82, 2.24) is 0 Å². The summed E-state index contributed by atoms with van der Waals surface area (Å²) >= 11 is 0. The first kappa shape index (κ1) is 27.5. The van der Waals surface area contributed by atoms with Crippen molar-refractivity contribution in [3.05, 3.63) is 176 Å². The van der Waals surface area contributed by atoms with Crippen molar-refractivity contribution in [2.24, 2.45) is 0 Å². The van der Waals surface area contributed by atoms with Crippen molar-refractivity contribution in [3.8, 4) is 22.3 Å². The third-order valence-electron chi connectivity index (χ3n) is 9.67. The number of anilines is 3. The van der Waals surface area contributed by atoms with Gasteiger partial charge in [0.25, 0.3) is 0 Å². The number of furan rings is 2. The molecule has 0 spiro atoms. The summed E-state index contributed by atoms with van der Waals surface area (Å²) in [6.07, 6.45) is 0. The van der Waals surface area contributed by atoms with Crippen molar-refractivity contribution < 1.29 is 8.83 Å². The maximum absolute atomic E-state index is 6.52. The van der Waals surface area contributed by atoms with Gasteiger partial charge in [-0.1, -0.05) is 115 Å². The molecule has 8 aromatic carbocycles. The van der Waals surface area contributed by atoms with E-state index in [1.807, 2.05) is 18.2 Å². The Morgan fingerprint density at radius 1 is 0.306 bits per heavy atom.